The molecule has 120 valence electrons. The Balaban J connectivity index is 1.84. The summed E-state index contributed by atoms with van der Waals surface area (Å²) in [6.45, 7) is 0. The van der Waals surface area contributed by atoms with Gasteiger partial charge in [0.2, 0.25) is 5.91 Å². The molecule has 6 heteroatoms. The zero-order valence-corrected chi connectivity index (χ0v) is 13.9. The van der Waals surface area contributed by atoms with E-state index in [1.54, 1.807) is 41.4 Å². The molecule has 0 bridgehead atoms. The molecule has 4 rings (SSSR count). The Kier molecular flexibility index (Phi) is 3.59. The van der Waals surface area contributed by atoms with E-state index in [9.17, 15) is 9.90 Å². The van der Waals surface area contributed by atoms with Crippen LogP contribution in [0.15, 0.2) is 54.7 Å². The number of rotatable bonds is 2. The quantitative estimate of drug-likeness (QED) is 0.549. The Morgan fingerprint density at radius 3 is 2.58 bits per heavy atom. The van der Waals surface area contributed by atoms with Gasteiger partial charge in [-0.25, -0.2) is 0 Å². The summed E-state index contributed by atoms with van der Waals surface area (Å²) in [6.07, 6.45) is 1.60. The van der Waals surface area contributed by atoms with Gasteiger partial charge in [-0.05, 0) is 42.0 Å². The molecule has 0 saturated carbocycles. The third-order valence-electron chi connectivity index (χ3n) is 4.23. The lowest BCUT2D eigenvalue weighted by Gasteiger charge is -2.45. The minimum atomic E-state index is -0.633. The van der Waals surface area contributed by atoms with E-state index in [0.29, 0.717) is 21.6 Å². The van der Waals surface area contributed by atoms with Crippen LogP contribution in [0.3, 0.4) is 0 Å². The zero-order chi connectivity index (χ0) is 16.8. The molecule has 3 aromatic rings. The monoisotopic (exact) mass is 358 g/mol. The Labute approximate surface area is 148 Å². The molecule has 1 aliphatic rings. The molecule has 1 fully saturated rings. The first-order valence-electron chi connectivity index (χ1n) is 7.37. The van der Waals surface area contributed by atoms with Crippen LogP contribution in [-0.4, -0.2) is 21.4 Å². The summed E-state index contributed by atoms with van der Waals surface area (Å²) in [5, 5.41) is 10.7. The topological polar surface area (TPSA) is 53.4 Å². The lowest BCUT2D eigenvalue weighted by atomic mass is 9.91. The number of aromatic hydroxyl groups is 1. The molecule has 2 heterocycles. The normalized spacial score (nSPS) is 20.2. The van der Waals surface area contributed by atoms with Crippen molar-refractivity contribution in [3.8, 4) is 5.75 Å². The van der Waals surface area contributed by atoms with Crippen LogP contribution >= 0.6 is 23.2 Å². The summed E-state index contributed by atoms with van der Waals surface area (Å²) < 4.78 is 0. The molecule has 1 aliphatic heterocycles. The first-order chi connectivity index (χ1) is 11.6. The van der Waals surface area contributed by atoms with Gasteiger partial charge in [0.1, 0.15) is 16.6 Å². The molecular formula is C18H12Cl2N2O2. The molecule has 2 aromatic carbocycles. The summed E-state index contributed by atoms with van der Waals surface area (Å²) >= 11 is 12.2. The fourth-order valence-corrected chi connectivity index (χ4v) is 3.54. The summed E-state index contributed by atoms with van der Waals surface area (Å²) in [5.74, 6) is -0.0970. The molecule has 2 atom stereocenters. The van der Waals surface area contributed by atoms with Gasteiger partial charge in [-0.2, -0.15) is 0 Å². The largest absolute Gasteiger partial charge is 0.506 e. The van der Waals surface area contributed by atoms with Crippen molar-refractivity contribution in [3.05, 3.63) is 65.3 Å². The molecule has 0 aliphatic carbocycles. The lowest BCUT2D eigenvalue weighted by Crippen LogP contribution is -2.56. The molecule has 1 amide bonds. The van der Waals surface area contributed by atoms with Crippen LogP contribution in [0, 0.1) is 0 Å². The maximum Gasteiger partial charge on any atom is 0.248 e. The van der Waals surface area contributed by atoms with Gasteiger partial charge >= 0.3 is 0 Å². The van der Waals surface area contributed by atoms with Crippen LogP contribution in [0.4, 0.5) is 5.69 Å². The second-order valence-corrected chi connectivity index (χ2v) is 6.52. The van der Waals surface area contributed by atoms with Crippen molar-refractivity contribution < 1.29 is 9.90 Å². The zero-order valence-electron chi connectivity index (χ0n) is 12.4. The predicted molar refractivity (Wildman–Crippen MR) is 94.7 cm³/mol. The van der Waals surface area contributed by atoms with Crippen LogP contribution in [0.25, 0.3) is 10.9 Å². The lowest BCUT2D eigenvalue weighted by molar-refractivity contribution is -0.123. The minimum absolute atomic E-state index is 0.0767. The highest BCUT2D eigenvalue weighted by atomic mass is 35.5. The van der Waals surface area contributed by atoms with E-state index in [1.807, 2.05) is 18.2 Å². The number of nitrogens with zero attached hydrogens (tertiary/aromatic N) is 2. The Morgan fingerprint density at radius 1 is 1.08 bits per heavy atom. The van der Waals surface area contributed by atoms with E-state index >= 15 is 0 Å². The second kappa shape index (κ2) is 5.65. The number of aromatic nitrogens is 1. The number of pyridine rings is 1. The third kappa shape index (κ3) is 2.22. The molecular weight excluding hydrogens is 347 g/mol. The van der Waals surface area contributed by atoms with E-state index in [2.05, 4.69) is 4.98 Å². The maximum atomic E-state index is 12.4. The second-order valence-electron chi connectivity index (χ2n) is 5.61. The van der Waals surface area contributed by atoms with E-state index in [0.717, 1.165) is 5.56 Å². The molecule has 4 nitrogen and oxygen atoms in total. The number of carbonyl (C=O) groups is 1. The number of β-lactam (4-membered cyclic amide) rings is 1. The van der Waals surface area contributed by atoms with Crippen LogP contribution in [0.5, 0.6) is 5.75 Å². The summed E-state index contributed by atoms with van der Waals surface area (Å²) in [5.41, 5.74) is 2.04. The number of amides is 1. The number of carbonyl (C=O) groups excluding carboxylic acids is 1. The number of phenolic OH excluding ortho intramolecular Hbond substituents is 1. The summed E-state index contributed by atoms with van der Waals surface area (Å²) in [6, 6.07) is 13.8. The Morgan fingerprint density at radius 2 is 1.83 bits per heavy atom. The molecule has 0 spiro atoms. The highest BCUT2D eigenvalue weighted by molar-refractivity contribution is 6.38. The molecule has 0 radical (unpaired) electrons. The number of phenols is 1. The number of halogens is 2. The van der Waals surface area contributed by atoms with Gasteiger partial charge in [-0.1, -0.05) is 23.7 Å². The predicted octanol–water partition coefficient (Wildman–Crippen LogP) is 4.29. The van der Waals surface area contributed by atoms with Crippen molar-refractivity contribution in [1.29, 1.82) is 0 Å². The van der Waals surface area contributed by atoms with Gasteiger partial charge in [0.25, 0.3) is 0 Å². The molecule has 1 N–H and O–H groups in total. The van der Waals surface area contributed by atoms with Crippen LogP contribution < -0.4 is 4.90 Å². The number of anilines is 1. The molecule has 1 aromatic heterocycles. The average Bonchev–Trinajstić information content (AvgIpc) is 2.61. The van der Waals surface area contributed by atoms with Crippen LogP contribution in [0.2, 0.25) is 5.02 Å². The van der Waals surface area contributed by atoms with Crippen molar-refractivity contribution in [2.75, 3.05) is 4.90 Å². The third-order valence-corrected chi connectivity index (χ3v) is 4.90. The first kappa shape index (κ1) is 15.2. The van der Waals surface area contributed by atoms with Gasteiger partial charge in [-0.3, -0.25) is 9.78 Å². The fourth-order valence-electron chi connectivity index (χ4n) is 3.05. The van der Waals surface area contributed by atoms with Gasteiger partial charge in [0.15, 0.2) is 0 Å². The van der Waals surface area contributed by atoms with Crippen molar-refractivity contribution >= 4 is 45.7 Å². The Bertz CT molecular complexity index is 943. The van der Waals surface area contributed by atoms with Crippen molar-refractivity contribution in [1.82, 2.24) is 4.98 Å². The van der Waals surface area contributed by atoms with Crippen molar-refractivity contribution in [2.45, 2.75) is 11.4 Å². The summed E-state index contributed by atoms with van der Waals surface area (Å²) in [7, 11) is 0. The number of alkyl halides is 1. The Hall–Kier alpha value is -2.30. The molecule has 1 saturated heterocycles. The van der Waals surface area contributed by atoms with E-state index in [4.69, 9.17) is 23.2 Å². The van der Waals surface area contributed by atoms with Crippen LogP contribution in [-0.2, 0) is 4.79 Å². The minimum Gasteiger partial charge on any atom is -0.506 e. The maximum absolute atomic E-state index is 12.4. The van der Waals surface area contributed by atoms with Crippen molar-refractivity contribution in [2.24, 2.45) is 0 Å². The first-order valence-corrected chi connectivity index (χ1v) is 8.18. The summed E-state index contributed by atoms with van der Waals surface area (Å²) in [4.78, 5) is 18.3. The van der Waals surface area contributed by atoms with Gasteiger partial charge in [0, 0.05) is 16.6 Å². The number of hydrogen-bond acceptors (Lipinski definition) is 3. The van der Waals surface area contributed by atoms with E-state index in [-0.39, 0.29) is 17.7 Å². The van der Waals surface area contributed by atoms with Gasteiger partial charge < -0.3 is 10.0 Å². The standard InChI is InChI=1S/C18H12Cl2N2O2/c19-11-5-3-10(4-6-11)17-15(20)18(24)22(17)13-7-8-14(23)16-12(13)2-1-9-21-16/h1-9,15,17,23H. The van der Waals surface area contributed by atoms with Gasteiger partial charge in [-0.15, -0.1) is 11.6 Å². The van der Waals surface area contributed by atoms with E-state index < -0.39 is 5.38 Å². The van der Waals surface area contributed by atoms with Gasteiger partial charge in [0.05, 0.1) is 11.7 Å². The fraction of sp³-hybridized carbons (Fsp3) is 0.111. The van der Waals surface area contributed by atoms with E-state index in [1.165, 1.54) is 0 Å². The molecule has 2 unspecified atom stereocenters. The number of benzene rings is 2. The highest BCUT2D eigenvalue weighted by Crippen LogP contribution is 2.45. The van der Waals surface area contributed by atoms with Crippen molar-refractivity contribution in [3.63, 3.8) is 0 Å². The number of fused-ring (bicyclic) bond motifs is 1. The highest BCUT2D eigenvalue weighted by Gasteiger charge is 2.48. The SMILES string of the molecule is O=C1C(Cl)C(c2ccc(Cl)cc2)N1c1ccc(O)c2ncccc12. The molecule has 24 heavy (non-hydrogen) atoms. The number of hydrogen-bond donors (Lipinski definition) is 1. The smallest absolute Gasteiger partial charge is 0.248 e. The average molecular weight is 359 g/mol. The van der Waals surface area contributed by atoms with Crippen LogP contribution in [0.1, 0.15) is 11.6 Å².